The van der Waals surface area contributed by atoms with Gasteiger partial charge in [-0.1, -0.05) is 54.6 Å². The van der Waals surface area contributed by atoms with Crippen molar-refractivity contribution < 1.29 is 24.9 Å². The molecule has 0 atom stereocenters. The number of phenolic OH excluding ortho intramolecular Hbond substituents is 1. The molecule has 2 aromatic rings. The first-order valence-electron chi connectivity index (χ1n) is 6.93. The summed E-state index contributed by atoms with van der Waals surface area (Å²) < 4.78 is 0. The molecule has 0 saturated carbocycles. The van der Waals surface area contributed by atoms with Crippen molar-refractivity contribution >= 4 is 24.1 Å². The fourth-order valence-electron chi connectivity index (χ4n) is 1.60. The third kappa shape index (κ3) is 8.72. The van der Waals surface area contributed by atoms with E-state index in [0.29, 0.717) is 5.75 Å². The van der Waals surface area contributed by atoms with E-state index in [-0.39, 0.29) is 12.8 Å². The molecule has 5 nitrogen and oxygen atoms in total. The lowest BCUT2D eigenvalue weighted by atomic mass is 10.1. The van der Waals surface area contributed by atoms with Crippen molar-refractivity contribution in [2.45, 2.75) is 12.8 Å². The first kappa shape index (κ1) is 18.0. The highest BCUT2D eigenvalue weighted by atomic mass is 16.4. The van der Waals surface area contributed by atoms with Gasteiger partial charge < -0.3 is 15.3 Å². The lowest BCUT2D eigenvalue weighted by molar-refractivity contribution is -0.143. The van der Waals surface area contributed by atoms with E-state index in [1.165, 1.54) is 0 Å². The first-order valence-corrected chi connectivity index (χ1v) is 6.93. The van der Waals surface area contributed by atoms with Gasteiger partial charge in [0.05, 0.1) is 12.8 Å². The highest BCUT2D eigenvalue weighted by molar-refractivity contribution is 5.75. The highest BCUT2D eigenvalue weighted by Crippen LogP contribution is 2.13. The van der Waals surface area contributed by atoms with Gasteiger partial charge >= 0.3 is 11.9 Å². The molecule has 5 heteroatoms. The molecular formula is C18H18O5. The Balaban J connectivity index is 0.000000284. The van der Waals surface area contributed by atoms with Crippen molar-refractivity contribution in [1.29, 1.82) is 0 Å². The number of phenols is 1. The summed E-state index contributed by atoms with van der Waals surface area (Å²) in [5.74, 6) is -1.86. The molecule has 0 aliphatic rings. The highest BCUT2D eigenvalue weighted by Gasteiger charge is 2.00. The predicted octanol–water partition coefficient (Wildman–Crippen LogP) is 3.50. The summed E-state index contributed by atoms with van der Waals surface area (Å²) in [6.45, 7) is 0. The van der Waals surface area contributed by atoms with Gasteiger partial charge in [0.2, 0.25) is 0 Å². The van der Waals surface area contributed by atoms with E-state index < -0.39 is 11.9 Å². The lowest BCUT2D eigenvalue weighted by Gasteiger charge is -1.95. The van der Waals surface area contributed by atoms with Gasteiger partial charge in [-0.05, 0) is 23.3 Å². The fraction of sp³-hybridized carbons (Fsp3) is 0.111. The van der Waals surface area contributed by atoms with E-state index in [4.69, 9.17) is 10.2 Å². The maximum atomic E-state index is 9.64. The quantitative estimate of drug-likeness (QED) is 0.734. The number of hydrogen-bond acceptors (Lipinski definition) is 3. The summed E-state index contributed by atoms with van der Waals surface area (Å²) in [5.41, 5.74) is 2.15. The number of benzene rings is 2. The van der Waals surface area contributed by atoms with E-state index in [0.717, 1.165) is 11.1 Å². The van der Waals surface area contributed by atoms with Gasteiger partial charge in [0.15, 0.2) is 0 Å². The molecule has 0 unspecified atom stereocenters. The van der Waals surface area contributed by atoms with Crippen LogP contribution in [0.25, 0.3) is 12.2 Å². The molecule has 120 valence electrons. The summed E-state index contributed by atoms with van der Waals surface area (Å²) in [4.78, 5) is 19.3. The predicted molar refractivity (Wildman–Crippen MR) is 88.0 cm³/mol. The van der Waals surface area contributed by atoms with Gasteiger partial charge in [-0.3, -0.25) is 9.59 Å². The van der Waals surface area contributed by atoms with Gasteiger partial charge in [0, 0.05) is 0 Å². The molecule has 3 N–H and O–H groups in total. The van der Waals surface area contributed by atoms with Crippen LogP contribution in [0.3, 0.4) is 0 Å². The summed E-state index contributed by atoms with van der Waals surface area (Å²) in [6.07, 6.45) is 3.41. The van der Waals surface area contributed by atoms with Crippen molar-refractivity contribution in [3.63, 3.8) is 0 Å². The van der Waals surface area contributed by atoms with E-state index in [1.807, 2.05) is 54.6 Å². The molecule has 23 heavy (non-hydrogen) atoms. The Bertz CT molecular complexity index is 648. The summed E-state index contributed by atoms with van der Waals surface area (Å²) >= 11 is 0. The van der Waals surface area contributed by atoms with Gasteiger partial charge in [-0.2, -0.15) is 0 Å². The number of hydrogen-bond donors (Lipinski definition) is 3. The monoisotopic (exact) mass is 314 g/mol. The van der Waals surface area contributed by atoms with Crippen LogP contribution in [-0.4, -0.2) is 27.3 Å². The second kappa shape index (κ2) is 9.78. The zero-order valence-electron chi connectivity index (χ0n) is 12.4. The van der Waals surface area contributed by atoms with Crippen molar-refractivity contribution in [3.05, 3.63) is 65.7 Å². The molecule has 0 bridgehead atoms. The van der Waals surface area contributed by atoms with Crippen LogP contribution in [-0.2, 0) is 9.59 Å². The average Bonchev–Trinajstić information content (AvgIpc) is 2.53. The standard InChI is InChI=1S/C14H12O.C4H6O4/c15-14-8-4-7-13(11-14)10-9-12-5-2-1-3-6-12;5-3(6)1-2-4(7)8/h1-11,15H;1-2H2,(H,5,6)(H,7,8). The normalized spacial score (nSPS) is 9.91. The Kier molecular flexibility index (Phi) is 7.64. The van der Waals surface area contributed by atoms with Crippen molar-refractivity contribution in [2.24, 2.45) is 0 Å². The molecule has 0 heterocycles. The lowest BCUT2D eigenvalue weighted by Crippen LogP contribution is -2.00. The van der Waals surface area contributed by atoms with Crippen LogP contribution >= 0.6 is 0 Å². The Hall–Kier alpha value is -3.08. The minimum Gasteiger partial charge on any atom is -0.508 e. The second-order valence-electron chi connectivity index (χ2n) is 4.63. The van der Waals surface area contributed by atoms with Crippen LogP contribution in [0.4, 0.5) is 0 Å². The molecule has 0 aliphatic heterocycles. The molecular weight excluding hydrogens is 296 g/mol. The van der Waals surface area contributed by atoms with Crippen molar-refractivity contribution in [2.75, 3.05) is 0 Å². The number of rotatable bonds is 5. The molecule has 2 aromatic carbocycles. The van der Waals surface area contributed by atoms with Gasteiger partial charge in [0.1, 0.15) is 5.75 Å². The van der Waals surface area contributed by atoms with Crippen LogP contribution in [0, 0.1) is 0 Å². The van der Waals surface area contributed by atoms with Crippen LogP contribution < -0.4 is 0 Å². The Morgan fingerprint density at radius 1 is 0.783 bits per heavy atom. The van der Waals surface area contributed by atoms with E-state index in [2.05, 4.69) is 0 Å². The smallest absolute Gasteiger partial charge is 0.303 e. The first-order chi connectivity index (χ1) is 11.0. The van der Waals surface area contributed by atoms with Crippen LogP contribution in [0.1, 0.15) is 24.0 Å². The van der Waals surface area contributed by atoms with E-state index in [1.54, 1.807) is 12.1 Å². The summed E-state index contributed by atoms with van der Waals surface area (Å²) in [6, 6.07) is 17.3. The van der Waals surface area contributed by atoms with Gasteiger partial charge in [-0.15, -0.1) is 0 Å². The largest absolute Gasteiger partial charge is 0.508 e. The number of aromatic hydroxyl groups is 1. The van der Waals surface area contributed by atoms with Gasteiger partial charge in [-0.25, -0.2) is 0 Å². The van der Waals surface area contributed by atoms with Crippen LogP contribution in [0.5, 0.6) is 5.75 Å². The third-order valence-electron chi connectivity index (χ3n) is 2.69. The number of carbonyl (C=O) groups is 2. The fourth-order valence-corrected chi connectivity index (χ4v) is 1.60. The number of carboxylic acids is 2. The van der Waals surface area contributed by atoms with Crippen molar-refractivity contribution in [3.8, 4) is 5.75 Å². The molecule has 0 aliphatic carbocycles. The Morgan fingerprint density at radius 2 is 1.30 bits per heavy atom. The molecule has 0 saturated heterocycles. The van der Waals surface area contributed by atoms with E-state index >= 15 is 0 Å². The van der Waals surface area contributed by atoms with Crippen LogP contribution in [0.2, 0.25) is 0 Å². The molecule has 0 radical (unpaired) electrons. The molecule has 2 rings (SSSR count). The van der Waals surface area contributed by atoms with Crippen LogP contribution in [0.15, 0.2) is 54.6 Å². The van der Waals surface area contributed by atoms with Crippen molar-refractivity contribution in [1.82, 2.24) is 0 Å². The average molecular weight is 314 g/mol. The zero-order valence-corrected chi connectivity index (χ0v) is 12.4. The Labute approximate surface area is 134 Å². The van der Waals surface area contributed by atoms with E-state index in [9.17, 15) is 14.7 Å². The second-order valence-corrected chi connectivity index (χ2v) is 4.63. The molecule has 0 aromatic heterocycles. The SMILES string of the molecule is O=C(O)CCC(=O)O.Oc1cccc(C=Cc2ccccc2)c1. The topological polar surface area (TPSA) is 94.8 Å². The molecule has 0 fully saturated rings. The number of aliphatic carboxylic acids is 2. The minimum absolute atomic E-state index is 0.296. The maximum Gasteiger partial charge on any atom is 0.303 e. The minimum atomic E-state index is -1.08. The number of carboxylic acid groups (broad SMARTS) is 2. The molecule has 0 amide bonds. The van der Waals surface area contributed by atoms with Gasteiger partial charge in [0.25, 0.3) is 0 Å². The maximum absolute atomic E-state index is 9.64. The summed E-state index contributed by atoms with van der Waals surface area (Å²) in [7, 11) is 0. The summed E-state index contributed by atoms with van der Waals surface area (Å²) in [5, 5.41) is 25.1. The zero-order chi connectivity index (χ0) is 17.1. The third-order valence-corrected chi connectivity index (χ3v) is 2.69. The Morgan fingerprint density at radius 3 is 1.83 bits per heavy atom. The molecule has 0 spiro atoms.